The third-order valence-electron chi connectivity index (χ3n) is 3.84. The van der Waals surface area contributed by atoms with Crippen LogP contribution in [0.5, 0.6) is 0 Å². The molecule has 0 fully saturated rings. The molecule has 0 aromatic heterocycles. The molecule has 0 heterocycles. The smallest absolute Gasteiger partial charge is 0.313 e. The number of aliphatic carboxylic acids is 1. The van der Waals surface area contributed by atoms with Gasteiger partial charge in [0.2, 0.25) is 0 Å². The van der Waals surface area contributed by atoms with Gasteiger partial charge in [0.25, 0.3) is 0 Å². The second-order valence-electron chi connectivity index (χ2n) is 5.73. The number of hydrogen-bond acceptors (Lipinski definition) is 1. The van der Waals surface area contributed by atoms with Crippen molar-refractivity contribution in [2.45, 2.75) is 32.6 Å². The van der Waals surface area contributed by atoms with Gasteiger partial charge in [-0.1, -0.05) is 48.5 Å². The molecule has 2 rings (SSSR count). The number of aryl methyl sites for hydroxylation is 1. The number of carbonyl (C=O) groups is 1. The fraction of sp³-hybridized carbons (Fsp3) is 0.278. The van der Waals surface area contributed by atoms with E-state index < -0.39 is 11.4 Å². The largest absolute Gasteiger partial charge is 0.481 e. The summed E-state index contributed by atoms with van der Waals surface area (Å²) in [6.45, 7) is 5.57. The molecule has 20 heavy (non-hydrogen) atoms. The lowest BCUT2D eigenvalue weighted by Gasteiger charge is -2.20. The summed E-state index contributed by atoms with van der Waals surface area (Å²) >= 11 is 0. The maximum Gasteiger partial charge on any atom is 0.313 e. The Kier molecular flexibility index (Phi) is 3.93. The molecule has 0 amide bonds. The van der Waals surface area contributed by atoms with Crippen molar-refractivity contribution >= 4 is 5.97 Å². The van der Waals surface area contributed by atoms with E-state index in [1.807, 2.05) is 36.4 Å². The molecule has 0 atom stereocenters. The fourth-order valence-electron chi connectivity index (χ4n) is 2.22. The van der Waals surface area contributed by atoms with Gasteiger partial charge in [-0.15, -0.1) is 0 Å². The van der Waals surface area contributed by atoms with E-state index in [-0.39, 0.29) is 0 Å². The molecule has 0 aliphatic heterocycles. The average molecular weight is 268 g/mol. The molecule has 0 radical (unpaired) electrons. The highest BCUT2D eigenvalue weighted by Crippen LogP contribution is 2.25. The fourth-order valence-corrected chi connectivity index (χ4v) is 2.22. The molecule has 2 aromatic rings. The molecule has 1 N–H and O–H groups in total. The van der Waals surface area contributed by atoms with E-state index in [0.717, 1.165) is 17.5 Å². The molecule has 0 bridgehead atoms. The molecule has 0 saturated carbocycles. The minimum atomic E-state index is -0.859. The molecule has 0 aliphatic rings. The molecule has 2 aromatic carbocycles. The zero-order valence-electron chi connectivity index (χ0n) is 12.2. The van der Waals surface area contributed by atoms with Crippen LogP contribution in [-0.2, 0) is 16.6 Å². The number of rotatable bonds is 4. The molecule has 0 saturated heterocycles. The second-order valence-corrected chi connectivity index (χ2v) is 5.73. The minimum Gasteiger partial charge on any atom is -0.481 e. The maximum absolute atomic E-state index is 11.3. The Bertz CT molecular complexity index is 627. The van der Waals surface area contributed by atoms with Crippen molar-refractivity contribution in [3.05, 3.63) is 70.8 Å². The van der Waals surface area contributed by atoms with Crippen LogP contribution in [0.15, 0.2) is 48.5 Å². The van der Waals surface area contributed by atoms with E-state index >= 15 is 0 Å². The number of carboxylic acids is 1. The van der Waals surface area contributed by atoms with Crippen LogP contribution in [0.25, 0.3) is 0 Å². The Hall–Kier alpha value is -2.09. The first kappa shape index (κ1) is 14.3. The van der Waals surface area contributed by atoms with Crippen LogP contribution in [0.4, 0.5) is 0 Å². The Labute approximate surface area is 120 Å². The topological polar surface area (TPSA) is 37.3 Å². The summed E-state index contributed by atoms with van der Waals surface area (Å²) in [5.74, 6) is -0.800. The van der Waals surface area contributed by atoms with Crippen molar-refractivity contribution in [3.63, 3.8) is 0 Å². The zero-order chi connectivity index (χ0) is 14.8. The van der Waals surface area contributed by atoms with Crippen LogP contribution in [0, 0.1) is 6.92 Å². The zero-order valence-corrected chi connectivity index (χ0v) is 12.2. The van der Waals surface area contributed by atoms with Crippen LogP contribution in [0.1, 0.15) is 36.1 Å². The van der Waals surface area contributed by atoms with Gasteiger partial charge in [-0.05, 0) is 49.4 Å². The van der Waals surface area contributed by atoms with Gasteiger partial charge in [-0.3, -0.25) is 4.79 Å². The van der Waals surface area contributed by atoms with Gasteiger partial charge in [0.15, 0.2) is 0 Å². The highest BCUT2D eigenvalue weighted by Gasteiger charge is 2.29. The number of benzene rings is 2. The van der Waals surface area contributed by atoms with Crippen molar-refractivity contribution in [3.8, 4) is 0 Å². The summed E-state index contributed by atoms with van der Waals surface area (Å²) in [7, 11) is 0. The first-order valence-electron chi connectivity index (χ1n) is 6.78. The van der Waals surface area contributed by atoms with Crippen molar-refractivity contribution < 1.29 is 9.90 Å². The highest BCUT2D eigenvalue weighted by atomic mass is 16.4. The van der Waals surface area contributed by atoms with Crippen LogP contribution in [0.3, 0.4) is 0 Å². The predicted molar refractivity (Wildman–Crippen MR) is 81.1 cm³/mol. The third-order valence-corrected chi connectivity index (χ3v) is 3.84. The summed E-state index contributed by atoms with van der Waals surface area (Å²) in [5.41, 5.74) is 3.66. The Morgan fingerprint density at radius 3 is 2.45 bits per heavy atom. The van der Waals surface area contributed by atoms with E-state index in [2.05, 4.69) is 19.1 Å². The molecule has 0 unspecified atom stereocenters. The Morgan fingerprint density at radius 1 is 1.10 bits per heavy atom. The normalized spacial score (nSPS) is 11.3. The van der Waals surface area contributed by atoms with Crippen molar-refractivity contribution in [1.82, 2.24) is 0 Å². The van der Waals surface area contributed by atoms with Crippen molar-refractivity contribution in [2.75, 3.05) is 0 Å². The summed E-state index contributed by atoms with van der Waals surface area (Å²) < 4.78 is 0. The Balaban J connectivity index is 2.32. The number of carboxylic acid groups (broad SMARTS) is 1. The second kappa shape index (κ2) is 5.49. The molecule has 2 heteroatoms. The molecule has 0 spiro atoms. The van der Waals surface area contributed by atoms with E-state index in [1.54, 1.807) is 13.8 Å². The third kappa shape index (κ3) is 2.90. The summed E-state index contributed by atoms with van der Waals surface area (Å²) in [5, 5.41) is 9.32. The van der Waals surface area contributed by atoms with E-state index in [9.17, 15) is 9.90 Å². The van der Waals surface area contributed by atoms with Gasteiger partial charge >= 0.3 is 5.97 Å². The average Bonchev–Trinajstić information content (AvgIpc) is 2.41. The SMILES string of the molecule is Cc1ccccc1Cc1cccc(C(C)(C)C(=O)O)c1. The van der Waals surface area contributed by atoms with Crippen molar-refractivity contribution in [2.24, 2.45) is 0 Å². The quantitative estimate of drug-likeness (QED) is 0.911. The lowest BCUT2D eigenvalue weighted by atomic mass is 9.83. The van der Waals surface area contributed by atoms with Crippen LogP contribution < -0.4 is 0 Å². The minimum absolute atomic E-state index is 0.800. The molecule has 2 nitrogen and oxygen atoms in total. The van der Waals surface area contributed by atoms with E-state index in [0.29, 0.717) is 0 Å². The van der Waals surface area contributed by atoms with Crippen LogP contribution in [-0.4, -0.2) is 11.1 Å². The van der Waals surface area contributed by atoms with Gasteiger partial charge in [-0.25, -0.2) is 0 Å². The van der Waals surface area contributed by atoms with Gasteiger partial charge < -0.3 is 5.11 Å². The summed E-state index contributed by atoms with van der Waals surface area (Å²) in [6, 6.07) is 16.2. The standard InChI is InChI=1S/C18H20O2/c1-13-7-4-5-9-15(13)11-14-8-6-10-16(12-14)18(2,3)17(19)20/h4-10,12H,11H2,1-3H3,(H,19,20). The lowest BCUT2D eigenvalue weighted by Crippen LogP contribution is -2.28. The monoisotopic (exact) mass is 268 g/mol. The molecule has 104 valence electrons. The first-order chi connectivity index (χ1) is 9.41. The predicted octanol–water partition coefficient (Wildman–Crippen LogP) is 3.95. The molecule has 0 aliphatic carbocycles. The summed E-state index contributed by atoms with van der Waals surface area (Å²) in [6.07, 6.45) is 0.830. The maximum atomic E-state index is 11.3. The Morgan fingerprint density at radius 2 is 1.80 bits per heavy atom. The van der Waals surface area contributed by atoms with Crippen LogP contribution in [0.2, 0.25) is 0 Å². The van der Waals surface area contributed by atoms with E-state index in [4.69, 9.17) is 0 Å². The van der Waals surface area contributed by atoms with Gasteiger partial charge in [0.05, 0.1) is 5.41 Å². The van der Waals surface area contributed by atoms with Crippen LogP contribution >= 0.6 is 0 Å². The lowest BCUT2D eigenvalue weighted by molar-refractivity contribution is -0.142. The molecular formula is C18H20O2. The highest BCUT2D eigenvalue weighted by molar-refractivity contribution is 5.80. The van der Waals surface area contributed by atoms with Gasteiger partial charge in [0, 0.05) is 0 Å². The number of hydrogen-bond donors (Lipinski definition) is 1. The van der Waals surface area contributed by atoms with Gasteiger partial charge in [0.1, 0.15) is 0 Å². The van der Waals surface area contributed by atoms with Gasteiger partial charge in [-0.2, -0.15) is 0 Å². The molecular weight excluding hydrogens is 248 g/mol. The summed E-state index contributed by atoms with van der Waals surface area (Å²) in [4.78, 5) is 11.3. The van der Waals surface area contributed by atoms with E-state index in [1.165, 1.54) is 11.1 Å². The first-order valence-corrected chi connectivity index (χ1v) is 6.78. The van der Waals surface area contributed by atoms with Crippen molar-refractivity contribution in [1.29, 1.82) is 0 Å².